The molecule has 0 bridgehead atoms. The van der Waals surface area contributed by atoms with Gasteiger partial charge in [0.1, 0.15) is 5.01 Å². The van der Waals surface area contributed by atoms with Crippen LogP contribution in [0, 0.1) is 0 Å². The number of nitrogens with zero attached hydrogens (tertiary/aromatic N) is 3. The highest BCUT2D eigenvalue weighted by Gasteiger charge is 2.29. The van der Waals surface area contributed by atoms with Gasteiger partial charge in [0.25, 0.3) is 0 Å². The van der Waals surface area contributed by atoms with Crippen LogP contribution in [0.5, 0.6) is 0 Å². The van der Waals surface area contributed by atoms with Crippen LogP contribution in [0.1, 0.15) is 37.4 Å². The first-order chi connectivity index (χ1) is 15.2. The number of benzene rings is 2. The number of imidazole rings is 1. The first-order valence-corrected chi connectivity index (χ1v) is 11.0. The van der Waals surface area contributed by atoms with E-state index < -0.39 is 11.7 Å². The predicted octanol–water partition coefficient (Wildman–Crippen LogP) is 5.49. The number of alkyl halides is 3. The van der Waals surface area contributed by atoms with E-state index in [4.69, 9.17) is 0 Å². The molecule has 0 atom stereocenters. The Kier molecular flexibility index (Phi) is 6.05. The topological polar surface area (TPSA) is 75.6 Å². The fraction of sp³-hybridized carbons (Fsp3) is 0.318. The van der Waals surface area contributed by atoms with Gasteiger partial charge in [0.15, 0.2) is 0 Å². The molecule has 0 amide bonds. The quantitative estimate of drug-likeness (QED) is 0.357. The third-order valence-corrected chi connectivity index (χ3v) is 6.04. The van der Waals surface area contributed by atoms with Crippen molar-refractivity contribution < 1.29 is 13.2 Å². The minimum atomic E-state index is -4.31. The van der Waals surface area contributed by atoms with E-state index >= 15 is 0 Å². The molecule has 0 spiro atoms. The molecule has 0 saturated carbocycles. The molecule has 6 nitrogen and oxygen atoms in total. The maximum absolute atomic E-state index is 12.6. The standard InChI is InChI=1S/C22H22F3N5OS/c1-13(2)30-18-12-15(7-10-17(18)27-21(30)31)19-28-29-20(32-19)26-11-3-4-14-5-8-16(9-6-14)22(23,24)25/h5-10,12-13H,3-4,11H2,1-2H3,(H,26,29)(H,27,31). The number of anilines is 1. The average molecular weight is 462 g/mol. The fourth-order valence-corrected chi connectivity index (χ4v) is 4.29. The summed E-state index contributed by atoms with van der Waals surface area (Å²) in [4.78, 5) is 15.0. The van der Waals surface area contributed by atoms with Crippen molar-refractivity contribution in [3.05, 3.63) is 64.1 Å². The van der Waals surface area contributed by atoms with Gasteiger partial charge in [-0.15, -0.1) is 10.2 Å². The van der Waals surface area contributed by atoms with Crippen LogP contribution in [-0.2, 0) is 12.6 Å². The van der Waals surface area contributed by atoms with Gasteiger partial charge in [-0.05, 0) is 62.6 Å². The lowest BCUT2D eigenvalue weighted by Crippen LogP contribution is -2.18. The second kappa shape index (κ2) is 8.78. The van der Waals surface area contributed by atoms with Gasteiger partial charge >= 0.3 is 11.9 Å². The summed E-state index contributed by atoms with van der Waals surface area (Å²) in [6.07, 6.45) is -2.91. The summed E-state index contributed by atoms with van der Waals surface area (Å²) in [7, 11) is 0. The lowest BCUT2D eigenvalue weighted by atomic mass is 10.1. The zero-order chi connectivity index (χ0) is 22.9. The van der Waals surface area contributed by atoms with Crippen LogP contribution in [0.4, 0.5) is 18.3 Å². The van der Waals surface area contributed by atoms with Crippen molar-refractivity contribution in [2.75, 3.05) is 11.9 Å². The first-order valence-electron chi connectivity index (χ1n) is 10.2. The average Bonchev–Trinajstić information content (AvgIpc) is 3.33. The molecule has 0 radical (unpaired) electrons. The van der Waals surface area contributed by atoms with Crippen LogP contribution in [0.25, 0.3) is 21.6 Å². The van der Waals surface area contributed by atoms with Gasteiger partial charge in [-0.25, -0.2) is 4.79 Å². The molecule has 2 heterocycles. The Morgan fingerprint density at radius 1 is 1.12 bits per heavy atom. The molecule has 0 aliphatic carbocycles. The Morgan fingerprint density at radius 2 is 1.88 bits per heavy atom. The molecule has 0 saturated heterocycles. The number of hydrogen-bond acceptors (Lipinski definition) is 5. The number of rotatable bonds is 7. The molecule has 4 rings (SSSR count). The number of nitrogens with one attached hydrogen (secondary N) is 2. The second-order valence-electron chi connectivity index (χ2n) is 7.76. The van der Waals surface area contributed by atoms with Crippen molar-refractivity contribution >= 4 is 27.5 Å². The summed E-state index contributed by atoms with van der Waals surface area (Å²) in [6.45, 7) is 4.54. The summed E-state index contributed by atoms with van der Waals surface area (Å²) in [5.41, 5.74) is 2.56. The van der Waals surface area contributed by atoms with Crippen LogP contribution in [0.2, 0.25) is 0 Å². The van der Waals surface area contributed by atoms with Gasteiger partial charge in [-0.2, -0.15) is 13.2 Å². The molecule has 2 aromatic carbocycles. The molecule has 10 heteroatoms. The predicted molar refractivity (Wildman–Crippen MR) is 120 cm³/mol. The van der Waals surface area contributed by atoms with E-state index in [0.717, 1.165) is 45.7 Å². The molecule has 32 heavy (non-hydrogen) atoms. The zero-order valence-electron chi connectivity index (χ0n) is 17.5. The Bertz CT molecular complexity index is 1270. The van der Waals surface area contributed by atoms with E-state index in [1.165, 1.54) is 23.5 Å². The van der Waals surface area contributed by atoms with Crippen LogP contribution in [0.3, 0.4) is 0 Å². The van der Waals surface area contributed by atoms with Gasteiger partial charge < -0.3 is 10.3 Å². The highest BCUT2D eigenvalue weighted by Crippen LogP contribution is 2.30. The van der Waals surface area contributed by atoms with Crippen LogP contribution >= 0.6 is 11.3 Å². The van der Waals surface area contributed by atoms with Crippen molar-refractivity contribution in [3.8, 4) is 10.6 Å². The van der Waals surface area contributed by atoms with Crippen molar-refractivity contribution in [2.24, 2.45) is 0 Å². The summed E-state index contributed by atoms with van der Waals surface area (Å²) in [5.74, 6) is 0. The summed E-state index contributed by atoms with van der Waals surface area (Å²) >= 11 is 1.41. The van der Waals surface area contributed by atoms with Gasteiger partial charge in [-0.1, -0.05) is 23.5 Å². The molecule has 4 aromatic rings. The summed E-state index contributed by atoms with van der Waals surface area (Å²) < 4.78 is 39.6. The van der Waals surface area contributed by atoms with E-state index in [2.05, 4.69) is 20.5 Å². The van der Waals surface area contributed by atoms with E-state index in [0.29, 0.717) is 18.1 Å². The molecule has 0 aliphatic rings. The number of aryl methyl sites for hydroxylation is 1. The maximum atomic E-state index is 12.6. The minimum Gasteiger partial charge on any atom is -0.360 e. The van der Waals surface area contributed by atoms with Gasteiger partial charge in [0.2, 0.25) is 5.13 Å². The van der Waals surface area contributed by atoms with E-state index in [1.807, 2.05) is 32.0 Å². The number of hydrogen-bond donors (Lipinski definition) is 2. The van der Waals surface area contributed by atoms with Gasteiger partial charge in [0.05, 0.1) is 16.6 Å². The molecule has 2 N–H and O–H groups in total. The normalized spacial score (nSPS) is 12.1. The van der Waals surface area contributed by atoms with E-state index in [9.17, 15) is 18.0 Å². The van der Waals surface area contributed by atoms with Crippen molar-refractivity contribution in [1.82, 2.24) is 19.7 Å². The maximum Gasteiger partial charge on any atom is 0.416 e. The Hall–Kier alpha value is -3.14. The molecule has 168 valence electrons. The second-order valence-corrected chi connectivity index (χ2v) is 8.74. The lowest BCUT2D eigenvalue weighted by Gasteiger charge is -2.07. The van der Waals surface area contributed by atoms with Crippen LogP contribution in [0.15, 0.2) is 47.3 Å². The third kappa shape index (κ3) is 4.69. The molecule has 0 unspecified atom stereocenters. The van der Waals surface area contributed by atoms with Crippen molar-refractivity contribution in [3.63, 3.8) is 0 Å². The van der Waals surface area contributed by atoms with E-state index in [-0.39, 0.29) is 11.7 Å². The minimum absolute atomic E-state index is 0.0304. The number of aromatic amines is 1. The molecule has 0 fully saturated rings. The molecular weight excluding hydrogens is 439 g/mol. The summed E-state index contributed by atoms with van der Waals surface area (Å²) in [6, 6.07) is 11.0. The van der Waals surface area contributed by atoms with Gasteiger partial charge in [0, 0.05) is 18.2 Å². The molecule has 0 aliphatic heterocycles. The third-order valence-electron chi connectivity index (χ3n) is 5.11. The van der Waals surface area contributed by atoms with Crippen LogP contribution in [-0.4, -0.2) is 26.3 Å². The SMILES string of the molecule is CC(C)n1c(=O)[nH]c2ccc(-c3nnc(NCCCc4ccc(C(F)(F)F)cc4)s3)cc21. The van der Waals surface area contributed by atoms with Crippen LogP contribution < -0.4 is 11.0 Å². The number of aromatic nitrogens is 4. The summed E-state index contributed by atoms with van der Waals surface area (Å²) in [5, 5.41) is 13.0. The first kappa shape index (κ1) is 22.1. The number of H-pyrrole nitrogens is 1. The smallest absolute Gasteiger partial charge is 0.360 e. The Morgan fingerprint density at radius 3 is 2.56 bits per heavy atom. The number of fused-ring (bicyclic) bond motifs is 1. The van der Waals surface area contributed by atoms with E-state index in [1.54, 1.807) is 4.57 Å². The Labute approximate surface area is 186 Å². The highest BCUT2D eigenvalue weighted by molar-refractivity contribution is 7.18. The van der Waals surface area contributed by atoms with Crippen molar-refractivity contribution in [2.45, 2.75) is 38.9 Å². The fourth-order valence-electron chi connectivity index (χ4n) is 3.53. The highest BCUT2D eigenvalue weighted by atomic mass is 32.1. The molecule has 2 aromatic heterocycles. The molecular formula is C22H22F3N5OS. The largest absolute Gasteiger partial charge is 0.416 e. The monoisotopic (exact) mass is 461 g/mol. The lowest BCUT2D eigenvalue weighted by molar-refractivity contribution is -0.137. The Balaban J connectivity index is 1.37. The van der Waals surface area contributed by atoms with Gasteiger partial charge in [-0.3, -0.25) is 4.57 Å². The van der Waals surface area contributed by atoms with Crippen molar-refractivity contribution in [1.29, 1.82) is 0 Å². The zero-order valence-corrected chi connectivity index (χ0v) is 18.3. The number of halogens is 3.